The van der Waals surface area contributed by atoms with Crippen LogP contribution < -0.4 is 0 Å². The molecule has 4 fully saturated rings. The average Bonchev–Trinajstić information content (AvgIpc) is 3.05. The van der Waals surface area contributed by atoms with E-state index in [1.807, 2.05) is 0 Å². The summed E-state index contributed by atoms with van der Waals surface area (Å²) in [5.41, 5.74) is 0. The lowest BCUT2D eigenvalue weighted by molar-refractivity contribution is -0.542. The second kappa shape index (κ2) is 17.8. The monoisotopic (exact) mass is 670 g/mol. The Morgan fingerprint density at radius 1 is 0.766 bits per heavy atom. The topological polar surface area (TPSA) is 198 Å². The van der Waals surface area contributed by atoms with E-state index in [9.17, 15) is 34.9 Å². The largest absolute Gasteiger partial charge is 0.481 e. The van der Waals surface area contributed by atoms with Gasteiger partial charge in [-0.25, -0.2) is 14.7 Å². The van der Waals surface area contributed by atoms with Gasteiger partial charge in [0.05, 0.1) is 31.2 Å². The highest BCUT2D eigenvalue weighted by atomic mass is 17.2. The fraction of sp³-hybridized carbons (Fsp3) is 0.939. The first-order chi connectivity index (χ1) is 22.6. The number of carbonyl (C=O) groups excluding carboxylic acids is 1. The highest BCUT2D eigenvalue weighted by molar-refractivity contribution is 5.82. The molecule has 0 bridgehead atoms. The van der Waals surface area contributed by atoms with Crippen LogP contribution in [0.5, 0.6) is 0 Å². The molecule has 12 unspecified atom stereocenters. The van der Waals surface area contributed by atoms with Crippen LogP contribution in [0.25, 0.3) is 0 Å². The lowest BCUT2D eigenvalue weighted by atomic mass is 9.70. The number of ether oxygens (including phenoxy) is 1. The standard InChI is InChI=1S/C33H54N2O12/c1-3-22-16-20(11-13-29(22)46-33(38)31-25(32(36)37)8-6-10-28(31)35(41)42)15-21-12-14-30(23(4-2)17-21)47-45-19-26-24(18-44-43)7-5-9-27(26)34(39)40/h20-31,43H,3-19H2,1-2H3,(H,36,37). The number of carboxylic acid groups (broad SMARTS) is 1. The molecule has 2 N–H and O–H groups in total. The minimum atomic E-state index is -1.26. The van der Waals surface area contributed by atoms with Crippen molar-refractivity contribution in [1.29, 1.82) is 0 Å². The van der Waals surface area contributed by atoms with E-state index >= 15 is 0 Å². The number of nitrogens with zero attached hydrogens (tertiary/aromatic N) is 2. The summed E-state index contributed by atoms with van der Waals surface area (Å²) in [6.07, 6.45) is 10.4. The number of aliphatic carboxylic acids is 1. The number of hydrogen-bond donors (Lipinski definition) is 2. The van der Waals surface area contributed by atoms with Gasteiger partial charge in [-0.3, -0.25) is 35.1 Å². The van der Waals surface area contributed by atoms with Crippen LogP contribution in [0.1, 0.15) is 110 Å². The SMILES string of the molecule is CCC1CC(CC2CCC(OC(=O)C3C(C(=O)O)CCCC3[N+](=O)[O-])C(CC)C2)CCC1OOCC1C(COO)CCCC1[N+](=O)[O-]. The van der Waals surface area contributed by atoms with Crippen molar-refractivity contribution in [2.45, 2.75) is 134 Å². The molecule has 4 rings (SSSR count). The summed E-state index contributed by atoms with van der Waals surface area (Å²) >= 11 is 0. The highest BCUT2D eigenvalue weighted by Crippen LogP contribution is 2.43. The number of carbonyl (C=O) groups is 2. The van der Waals surface area contributed by atoms with Crippen LogP contribution in [0.2, 0.25) is 0 Å². The molecule has 0 radical (unpaired) electrons. The van der Waals surface area contributed by atoms with Gasteiger partial charge in [0, 0.05) is 22.7 Å². The van der Waals surface area contributed by atoms with Crippen LogP contribution in [0, 0.1) is 67.6 Å². The summed E-state index contributed by atoms with van der Waals surface area (Å²) in [6.45, 7) is 4.33. The van der Waals surface area contributed by atoms with Crippen molar-refractivity contribution in [2.75, 3.05) is 13.2 Å². The van der Waals surface area contributed by atoms with E-state index < -0.39 is 40.8 Å². The molecule has 0 aromatic rings. The van der Waals surface area contributed by atoms with Gasteiger partial charge in [-0.15, -0.1) is 0 Å². The maximum atomic E-state index is 13.3. The Bertz CT molecular complexity index is 1040. The molecule has 0 heterocycles. The van der Waals surface area contributed by atoms with Crippen molar-refractivity contribution >= 4 is 11.9 Å². The minimum absolute atomic E-state index is 0.0397. The highest BCUT2D eigenvalue weighted by Gasteiger charge is 2.50. The van der Waals surface area contributed by atoms with Gasteiger partial charge in [-0.05, 0) is 107 Å². The lowest BCUT2D eigenvalue weighted by Crippen LogP contribution is -2.47. The molecule has 14 nitrogen and oxygen atoms in total. The van der Waals surface area contributed by atoms with Crippen molar-refractivity contribution in [2.24, 2.45) is 47.3 Å². The maximum Gasteiger partial charge on any atom is 0.317 e. The third-order valence-corrected chi connectivity index (χ3v) is 11.9. The Hall–Kier alpha value is -2.42. The summed E-state index contributed by atoms with van der Waals surface area (Å²) < 4.78 is 5.91. The van der Waals surface area contributed by atoms with Gasteiger partial charge in [0.1, 0.15) is 12.0 Å². The van der Waals surface area contributed by atoms with Crippen molar-refractivity contribution in [3.63, 3.8) is 0 Å². The summed E-state index contributed by atoms with van der Waals surface area (Å²) in [6, 6.07) is -1.98. The molecule has 14 heteroatoms. The Balaban J connectivity index is 1.26. The first kappa shape index (κ1) is 37.4. The molecule has 268 valence electrons. The number of carboxylic acids is 1. The molecule has 12 atom stereocenters. The first-order valence-corrected chi connectivity index (χ1v) is 17.8. The quantitative estimate of drug-likeness (QED) is 0.0899. The number of nitro groups is 2. The van der Waals surface area contributed by atoms with Crippen LogP contribution in [-0.4, -0.2) is 69.7 Å². The summed E-state index contributed by atoms with van der Waals surface area (Å²) in [5, 5.41) is 42.0. The van der Waals surface area contributed by atoms with E-state index in [1.165, 1.54) is 0 Å². The number of hydrogen-bond acceptors (Lipinski definition) is 11. The van der Waals surface area contributed by atoms with Crippen LogP contribution in [0.15, 0.2) is 0 Å². The molecule has 47 heavy (non-hydrogen) atoms. The molecule has 0 spiro atoms. The Kier molecular flexibility index (Phi) is 14.2. The predicted octanol–water partition coefficient (Wildman–Crippen LogP) is 5.96. The molecular formula is C33H54N2O12. The maximum absolute atomic E-state index is 13.3. The van der Waals surface area contributed by atoms with Crippen molar-refractivity contribution in [1.82, 2.24) is 0 Å². The lowest BCUT2D eigenvalue weighted by Gasteiger charge is -2.40. The van der Waals surface area contributed by atoms with Crippen LogP contribution in [0.3, 0.4) is 0 Å². The van der Waals surface area contributed by atoms with Crippen LogP contribution in [0.4, 0.5) is 0 Å². The number of rotatable bonds is 15. The van der Waals surface area contributed by atoms with E-state index in [0.29, 0.717) is 43.4 Å². The van der Waals surface area contributed by atoms with E-state index in [2.05, 4.69) is 18.7 Å². The van der Waals surface area contributed by atoms with E-state index in [-0.39, 0.29) is 60.9 Å². The third kappa shape index (κ3) is 9.60. The van der Waals surface area contributed by atoms with E-state index in [0.717, 1.165) is 57.8 Å². The third-order valence-electron chi connectivity index (χ3n) is 11.9. The molecular weight excluding hydrogens is 616 g/mol. The van der Waals surface area contributed by atoms with Gasteiger partial charge in [0.25, 0.3) is 0 Å². The van der Waals surface area contributed by atoms with Gasteiger partial charge < -0.3 is 9.84 Å². The Labute approximate surface area is 276 Å². The summed E-state index contributed by atoms with van der Waals surface area (Å²) in [4.78, 5) is 63.6. The Morgan fingerprint density at radius 3 is 1.96 bits per heavy atom. The number of esters is 1. The fourth-order valence-corrected chi connectivity index (χ4v) is 9.29. The zero-order chi connectivity index (χ0) is 34.1. The van der Waals surface area contributed by atoms with Crippen molar-refractivity contribution in [3.05, 3.63) is 20.2 Å². The van der Waals surface area contributed by atoms with Gasteiger partial charge in [-0.1, -0.05) is 20.3 Å². The zero-order valence-corrected chi connectivity index (χ0v) is 27.8. The van der Waals surface area contributed by atoms with Gasteiger partial charge in [-0.2, -0.15) is 0 Å². The summed E-state index contributed by atoms with van der Waals surface area (Å²) in [7, 11) is 0. The van der Waals surface area contributed by atoms with E-state index in [4.69, 9.17) is 19.8 Å². The normalized spacial score (nSPS) is 37.9. The molecule has 4 saturated carbocycles. The van der Waals surface area contributed by atoms with Crippen LogP contribution in [-0.2, 0) is 29.0 Å². The smallest absolute Gasteiger partial charge is 0.317 e. The molecule has 0 aromatic heterocycles. The molecule has 4 aliphatic carbocycles. The Morgan fingerprint density at radius 2 is 1.36 bits per heavy atom. The molecule has 0 saturated heterocycles. The first-order valence-electron chi connectivity index (χ1n) is 17.8. The van der Waals surface area contributed by atoms with Gasteiger partial charge in [0.2, 0.25) is 12.1 Å². The van der Waals surface area contributed by atoms with Gasteiger partial charge in [0.15, 0.2) is 0 Å². The van der Waals surface area contributed by atoms with E-state index in [1.54, 1.807) is 0 Å². The molecule has 0 aliphatic heterocycles. The van der Waals surface area contributed by atoms with Crippen molar-refractivity contribution in [3.8, 4) is 0 Å². The van der Waals surface area contributed by atoms with Crippen LogP contribution >= 0.6 is 0 Å². The zero-order valence-electron chi connectivity index (χ0n) is 27.8. The second-order valence-corrected chi connectivity index (χ2v) is 14.6. The average molecular weight is 671 g/mol. The summed E-state index contributed by atoms with van der Waals surface area (Å²) in [5.74, 6) is -3.41. The molecule has 0 amide bonds. The second-order valence-electron chi connectivity index (χ2n) is 14.6. The minimum Gasteiger partial charge on any atom is -0.481 e. The molecule has 4 aliphatic rings. The molecule has 0 aromatic carbocycles. The fourth-order valence-electron chi connectivity index (χ4n) is 9.29. The predicted molar refractivity (Wildman–Crippen MR) is 167 cm³/mol. The van der Waals surface area contributed by atoms with Gasteiger partial charge >= 0.3 is 11.9 Å². The van der Waals surface area contributed by atoms with Crippen molar-refractivity contribution < 1.29 is 49.2 Å².